The first-order valence-corrected chi connectivity index (χ1v) is 6.87. The summed E-state index contributed by atoms with van der Waals surface area (Å²) < 4.78 is 0. The van der Waals surface area contributed by atoms with Crippen molar-refractivity contribution < 1.29 is 0 Å². The third kappa shape index (κ3) is 1.08. The van der Waals surface area contributed by atoms with E-state index in [1.165, 1.54) is 12.8 Å². The summed E-state index contributed by atoms with van der Waals surface area (Å²) in [5, 5.41) is 1.16. The van der Waals surface area contributed by atoms with E-state index in [1.54, 1.807) is 11.1 Å². The summed E-state index contributed by atoms with van der Waals surface area (Å²) >= 11 is 3.68. The summed E-state index contributed by atoms with van der Waals surface area (Å²) in [4.78, 5) is 0. The first kappa shape index (κ1) is 9.89. The SMILES string of the molecule is CC1(C)C(CBr)C12Cc1ccccc1C2. The summed E-state index contributed by atoms with van der Waals surface area (Å²) in [5.74, 6) is 0.859. The van der Waals surface area contributed by atoms with Crippen LogP contribution in [0, 0.1) is 16.7 Å². The van der Waals surface area contributed by atoms with Crippen LogP contribution in [-0.4, -0.2) is 5.33 Å². The van der Waals surface area contributed by atoms with Gasteiger partial charge in [-0.1, -0.05) is 54.0 Å². The van der Waals surface area contributed by atoms with Crippen LogP contribution in [0.25, 0.3) is 0 Å². The highest BCUT2D eigenvalue weighted by atomic mass is 79.9. The van der Waals surface area contributed by atoms with E-state index >= 15 is 0 Å². The molecule has 0 saturated heterocycles. The van der Waals surface area contributed by atoms with Crippen LogP contribution in [-0.2, 0) is 12.8 Å². The molecule has 1 aromatic carbocycles. The van der Waals surface area contributed by atoms with Crippen LogP contribution in [0.2, 0.25) is 0 Å². The zero-order valence-electron chi connectivity index (χ0n) is 9.39. The number of hydrogen-bond donors (Lipinski definition) is 0. The molecule has 0 nitrogen and oxygen atoms in total. The molecular formula is C14H17Br. The van der Waals surface area contributed by atoms with Crippen LogP contribution in [0.5, 0.6) is 0 Å². The number of alkyl halides is 1. The Kier molecular flexibility index (Phi) is 1.90. The van der Waals surface area contributed by atoms with Gasteiger partial charge in [-0.05, 0) is 40.7 Å². The van der Waals surface area contributed by atoms with E-state index in [9.17, 15) is 0 Å². The molecule has 1 saturated carbocycles. The van der Waals surface area contributed by atoms with Crippen molar-refractivity contribution in [3.05, 3.63) is 35.4 Å². The van der Waals surface area contributed by atoms with Crippen molar-refractivity contribution in [2.75, 3.05) is 5.33 Å². The Labute approximate surface area is 100 Å². The molecule has 0 aliphatic heterocycles. The molecule has 15 heavy (non-hydrogen) atoms. The average molecular weight is 265 g/mol. The molecule has 1 fully saturated rings. The van der Waals surface area contributed by atoms with Gasteiger partial charge < -0.3 is 0 Å². The van der Waals surface area contributed by atoms with Gasteiger partial charge in [0.2, 0.25) is 0 Å². The smallest absolute Gasteiger partial charge is 0.00707 e. The minimum atomic E-state index is 0.523. The predicted molar refractivity (Wildman–Crippen MR) is 67.3 cm³/mol. The fourth-order valence-corrected chi connectivity index (χ4v) is 5.18. The summed E-state index contributed by atoms with van der Waals surface area (Å²) in [5.41, 5.74) is 4.28. The molecule has 2 aliphatic rings. The number of benzene rings is 1. The van der Waals surface area contributed by atoms with Gasteiger partial charge in [0.1, 0.15) is 0 Å². The van der Waals surface area contributed by atoms with Crippen LogP contribution >= 0.6 is 15.9 Å². The van der Waals surface area contributed by atoms with Gasteiger partial charge in [0.25, 0.3) is 0 Å². The number of halogens is 1. The van der Waals surface area contributed by atoms with Crippen LogP contribution in [0.4, 0.5) is 0 Å². The van der Waals surface area contributed by atoms with Crippen LogP contribution in [0.15, 0.2) is 24.3 Å². The van der Waals surface area contributed by atoms with E-state index in [0.717, 1.165) is 11.2 Å². The molecule has 1 aromatic rings. The standard InChI is InChI=1S/C14H17Br/c1-13(2)12(9-15)14(13)7-10-5-3-4-6-11(10)8-14/h3-6,12H,7-9H2,1-2H3. The summed E-state index contributed by atoms with van der Waals surface area (Å²) in [7, 11) is 0. The molecule has 1 atom stereocenters. The monoisotopic (exact) mass is 264 g/mol. The topological polar surface area (TPSA) is 0 Å². The van der Waals surface area contributed by atoms with E-state index in [2.05, 4.69) is 54.0 Å². The van der Waals surface area contributed by atoms with Gasteiger partial charge in [-0.2, -0.15) is 0 Å². The molecular weight excluding hydrogens is 248 g/mol. The third-order valence-electron chi connectivity index (χ3n) is 5.02. The van der Waals surface area contributed by atoms with Gasteiger partial charge in [-0.15, -0.1) is 0 Å². The largest absolute Gasteiger partial charge is 0.0925 e. The Balaban J connectivity index is 1.97. The maximum atomic E-state index is 3.68. The second-order valence-corrected chi connectivity index (χ2v) is 6.35. The van der Waals surface area contributed by atoms with Crippen molar-refractivity contribution in [2.24, 2.45) is 16.7 Å². The maximum absolute atomic E-state index is 3.68. The molecule has 0 radical (unpaired) electrons. The molecule has 80 valence electrons. The van der Waals surface area contributed by atoms with E-state index in [4.69, 9.17) is 0 Å². The molecule has 3 rings (SSSR count). The normalized spacial score (nSPS) is 29.1. The Morgan fingerprint density at radius 3 is 2.13 bits per heavy atom. The first-order chi connectivity index (χ1) is 7.12. The Hall–Kier alpha value is -0.300. The van der Waals surface area contributed by atoms with Crippen molar-refractivity contribution in [3.63, 3.8) is 0 Å². The first-order valence-electron chi connectivity index (χ1n) is 5.74. The average Bonchev–Trinajstić information content (AvgIpc) is 2.56. The van der Waals surface area contributed by atoms with Crippen molar-refractivity contribution in [3.8, 4) is 0 Å². The molecule has 1 spiro atoms. The van der Waals surface area contributed by atoms with E-state index in [1.807, 2.05) is 0 Å². The fraction of sp³-hybridized carbons (Fsp3) is 0.571. The van der Waals surface area contributed by atoms with E-state index < -0.39 is 0 Å². The lowest BCUT2D eigenvalue weighted by atomic mass is 9.93. The van der Waals surface area contributed by atoms with Gasteiger partial charge in [0, 0.05) is 5.33 Å². The quantitative estimate of drug-likeness (QED) is 0.677. The molecule has 1 unspecified atom stereocenters. The predicted octanol–water partition coefficient (Wildman–Crippen LogP) is 3.82. The summed E-state index contributed by atoms with van der Waals surface area (Å²) in [6.45, 7) is 4.87. The van der Waals surface area contributed by atoms with E-state index in [0.29, 0.717) is 10.8 Å². The molecule has 0 aromatic heterocycles. The highest BCUT2D eigenvalue weighted by molar-refractivity contribution is 9.09. The number of fused-ring (bicyclic) bond motifs is 1. The van der Waals surface area contributed by atoms with Gasteiger partial charge in [-0.25, -0.2) is 0 Å². The zero-order chi connectivity index (χ0) is 10.7. The molecule has 0 amide bonds. The number of hydrogen-bond acceptors (Lipinski definition) is 0. The summed E-state index contributed by atoms with van der Waals surface area (Å²) in [6.07, 6.45) is 2.60. The number of rotatable bonds is 1. The highest BCUT2D eigenvalue weighted by Crippen LogP contribution is 2.74. The van der Waals surface area contributed by atoms with Gasteiger partial charge in [0.05, 0.1) is 0 Å². The lowest BCUT2D eigenvalue weighted by molar-refractivity contribution is 0.401. The highest BCUT2D eigenvalue weighted by Gasteiger charge is 2.70. The lowest BCUT2D eigenvalue weighted by Gasteiger charge is -2.11. The molecule has 0 bridgehead atoms. The van der Waals surface area contributed by atoms with Crippen LogP contribution in [0.3, 0.4) is 0 Å². The Morgan fingerprint density at radius 2 is 1.73 bits per heavy atom. The maximum Gasteiger partial charge on any atom is 0.00707 e. The van der Waals surface area contributed by atoms with Gasteiger partial charge in [-0.3, -0.25) is 0 Å². The molecule has 2 aliphatic carbocycles. The lowest BCUT2D eigenvalue weighted by Crippen LogP contribution is -2.08. The van der Waals surface area contributed by atoms with Crippen LogP contribution in [0.1, 0.15) is 25.0 Å². The Morgan fingerprint density at radius 1 is 1.20 bits per heavy atom. The fourth-order valence-electron chi connectivity index (χ4n) is 3.75. The molecule has 0 N–H and O–H groups in total. The van der Waals surface area contributed by atoms with Crippen molar-refractivity contribution in [1.82, 2.24) is 0 Å². The van der Waals surface area contributed by atoms with Crippen molar-refractivity contribution in [1.29, 1.82) is 0 Å². The third-order valence-corrected chi connectivity index (χ3v) is 5.67. The Bertz CT molecular complexity index is 381. The molecule has 1 heteroatoms. The minimum Gasteiger partial charge on any atom is -0.0925 e. The van der Waals surface area contributed by atoms with Gasteiger partial charge >= 0.3 is 0 Å². The van der Waals surface area contributed by atoms with Crippen molar-refractivity contribution in [2.45, 2.75) is 26.7 Å². The minimum absolute atomic E-state index is 0.523. The molecule has 0 heterocycles. The van der Waals surface area contributed by atoms with E-state index in [-0.39, 0.29) is 0 Å². The second kappa shape index (κ2) is 2.88. The van der Waals surface area contributed by atoms with Crippen molar-refractivity contribution >= 4 is 15.9 Å². The van der Waals surface area contributed by atoms with Gasteiger partial charge in [0.15, 0.2) is 0 Å². The zero-order valence-corrected chi connectivity index (χ0v) is 11.0. The summed E-state index contributed by atoms with van der Waals surface area (Å²) in [6, 6.07) is 8.97. The van der Waals surface area contributed by atoms with Crippen LogP contribution < -0.4 is 0 Å². The second-order valence-electron chi connectivity index (χ2n) is 5.71.